The van der Waals surface area contributed by atoms with Crippen molar-refractivity contribution in [2.24, 2.45) is 0 Å². The van der Waals surface area contributed by atoms with Crippen LogP contribution < -0.4 is 0 Å². The van der Waals surface area contributed by atoms with Gasteiger partial charge in [-0.25, -0.2) is 14.5 Å². The molecule has 0 spiro atoms. The monoisotopic (exact) mass is 334 g/mol. The molecule has 0 fully saturated rings. The Balaban J connectivity index is 2.02. The highest BCUT2D eigenvalue weighted by Crippen LogP contribution is 2.25. The van der Waals surface area contributed by atoms with Crippen LogP contribution in [0.4, 0.5) is 0 Å². The van der Waals surface area contributed by atoms with E-state index in [-0.39, 0.29) is 6.61 Å². The molecule has 25 heavy (non-hydrogen) atoms. The first-order chi connectivity index (χ1) is 12.2. The van der Waals surface area contributed by atoms with Crippen molar-refractivity contribution in [2.45, 2.75) is 26.3 Å². The number of hydrogen-bond acceptors (Lipinski definition) is 5. The lowest BCUT2D eigenvalue weighted by molar-refractivity contribution is 0.0504. The lowest BCUT2D eigenvalue weighted by Crippen LogP contribution is -2.08. The third-order valence-electron chi connectivity index (χ3n) is 3.86. The number of hydrogen-bond donors (Lipinski definition) is 0. The number of nitriles is 1. The Kier molecular flexibility index (Phi) is 5.05. The number of carbonyl (C=O) groups excluding carboxylic acids is 1. The van der Waals surface area contributed by atoms with Gasteiger partial charge in [0.25, 0.3) is 0 Å². The quantitative estimate of drug-likeness (QED) is 0.508. The Morgan fingerprint density at radius 3 is 2.84 bits per heavy atom. The minimum Gasteiger partial charge on any atom is -0.462 e. The summed E-state index contributed by atoms with van der Waals surface area (Å²) in [6.45, 7) is 2.85. The molecule has 0 N–H and O–H groups in total. The van der Waals surface area contributed by atoms with E-state index >= 15 is 0 Å². The molecule has 0 radical (unpaired) electrons. The average Bonchev–Trinajstić information content (AvgIpc) is 3.08. The smallest absolute Gasteiger partial charge is 0.339 e. The van der Waals surface area contributed by atoms with Gasteiger partial charge in [-0.05, 0) is 19.4 Å². The van der Waals surface area contributed by atoms with Crippen molar-refractivity contribution in [3.63, 3.8) is 0 Å². The minimum atomic E-state index is -0.418. The maximum atomic E-state index is 12.5. The Hall–Kier alpha value is -3.20. The summed E-state index contributed by atoms with van der Waals surface area (Å²) in [5.74, 6) is -0.418. The Bertz CT molecular complexity index is 926. The first kappa shape index (κ1) is 16.7. The third kappa shape index (κ3) is 3.50. The van der Waals surface area contributed by atoms with Crippen LogP contribution in [0.15, 0.2) is 42.6 Å². The largest absolute Gasteiger partial charge is 0.462 e. The summed E-state index contributed by atoms with van der Waals surface area (Å²) in [7, 11) is 0. The molecule has 0 saturated carbocycles. The first-order valence-electron chi connectivity index (χ1n) is 8.20. The van der Waals surface area contributed by atoms with E-state index in [0.29, 0.717) is 41.7 Å². The maximum Gasteiger partial charge on any atom is 0.339 e. The van der Waals surface area contributed by atoms with Gasteiger partial charge in [-0.15, -0.1) is 0 Å². The zero-order valence-corrected chi connectivity index (χ0v) is 14.0. The molecule has 0 aliphatic heterocycles. The molecule has 3 rings (SSSR count). The van der Waals surface area contributed by atoms with Crippen LogP contribution in [0.2, 0.25) is 0 Å². The van der Waals surface area contributed by atoms with Gasteiger partial charge in [0.1, 0.15) is 0 Å². The van der Waals surface area contributed by atoms with Gasteiger partial charge in [0.05, 0.1) is 35.5 Å². The van der Waals surface area contributed by atoms with Crippen LogP contribution >= 0.6 is 0 Å². The van der Waals surface area contributed by atoms with Crippen molar-refractivity contribution in [2.75, 3.05) is 6.61 Å². The van der Waals surface area contributed by atoms with Gasteiger partial charge < -0.3 is 4.74 Å². The number of carbonyl (C=O) groups is 1. The van der Waals surface area contributed by atoms with E-state index in [9.17, 15) is 4.79 Å². The van der Waals surface area contributed by atoms with Gasteiger partial charge in [-0.3, -0.25) is 0 Å². The summed E-state index contributed by atoms with van der Waals surface area (Å²) in [5, 5.41) is 13.6. The van der Waals surface area contributed by atoms with E-state index in [0.717, 1.165) is 5.56 Å². The highest BCUT2D eigenvalue weighted by molar-refractivity contribution is 6.03. The third-order valence-corrected chi connectivity index (χ3v) is 3.86. The normalized spacial score (nSPS) is 10.6. The highest BCUT2D eigenvalue weighted by atomic mass is 16.5. The summed E-state index contributed by atoms with van der Waals surface area (Å²) in [6.07, 6.45) is 2.53. The molecule has 3 aromatic rings. The summed E-state index contributed by atoms with van der Waals surface area (Å²) in [5.41, 5.74) is 2.73. The summed E-state index contributed by atoms with van der Waals surface area (Å²) >= 11 is 0. The fourth-order valence-corrected chi connectivity index (χ4v) is 2.60. The van der Waals surface area contributed by atoms with Crippen molar-refractivity contribution in [1.29, 1.82) is 5.26 Å². The zero-order chi connectivity index (χ0) is 17.6. The number of benzene rings is 1. The minimum absolute atomic E-state index is 0.221. The number of esters is 1. The van der Waals surface area contributed by atoms with Crippen molar-refractivity contribution in [3.05, 3.63) is 48.2 Å². The Morgan fingerprint density at radius 1 is 1.32 bits per heavy atom. The van der Waals surface area contributed by atoms with E-state index in [1.165, 1.54) is 0 Å². The second-order valence-corrected chi connectivity index (χ2v) is 5.52. The van der Waals surface area contributed by atoms with Gasteiger partial charge in [0.15, 0.2) is 5.65 Å². The van der Waals surface area contributed by atoms with Crippen molar-refractivity contribution in [3.8, 4) is 17.3 Å². The fraction of sp³-hybridized carbons (Fsp3) is 0.263. The molecule has 6 nitrogen and oxygen atoms in total. The molecule has 6 heteroatoms. The molecule has 0 saturated heterocycles. The number of aromatic nitrogens is 3. The van der Waals surface area contributed by atoms with E-state index < -0.39 is 5.97 Å². The van der Waals surface area contributed by atoms with E-state index in [1.54, 1.807) is 16.9 Å². The molecule has 0 unspecified atom stereocenters. The van der Waals surface area contributed by atoms with Gasteiger partial charge >= 0.3 is 5.97 Å². The van der Waals surface area contributed by atoms with Crippen LogP contribution in [0.5, 0.6) is 0 Å². The van der Waals surface area contributed by atoms with Crippen molar-refractivity contribution >= 4 is 17.0 Å². The van der Waals surface area contributed by atoms with Gasteiger partial charge in [-0.1, -0.05) is 30.3 Å². The van der Waals surface area contributed by atoms with Gasteiger partial charge in [-0.2, -0.15) is 10.4 Å². The highest BCUT2D eigenvalue weighted by Gasteiger charge is 2.18. The van der Waals surface area contributed by atoms with E-state index in [4.69, 9.17) is 10.00 Å². The number of pyridine rings is 1. The Labute approximate surface area is 145 Å². The van der Waals surface area contributed by atoms with E-state index in [2.05, 4.69) is 10.1 Å². The number of nitrogens with zero attached hydrogens (tertiary/aromatic N) is 4. The van der Waals surface area contributed by atoms with Crippen molar-refractivity contribution < 1.29 is 9.53 Å². The van der Waals surface area contributed by atoms with Crippen LogP contribution in [0.3, 0.4) is 0 Å². The number of aryl methyl sites for hydroxylation is 1. The molecule has 126 valence electrons. The molecule has 0 atom stereocenters. The number of unbranched alkanes of at least 4 members (excludes halogenated alkanes) is 1. The second-order valence-electron chi connectivity index (χ2n) is 5.52. The zero-order valence-electron chi connectivity index (χ0n) is 14.0. The first-order valence-corrected chi connectivity index (χ1v) is 8.20. The molecular formula is C19H18N4O2. The number of fused-ring (bicyclic) bond motifs is 1. The molecule has 0 aliphatic rings. The fourth-order valence-electron chi connectivity index (χ4n) is 2.60. The topological polar surface area (TPSA) is 80.8 Å². The molecule has 2 aromatic heterocycles. The van der Waals surface area contributed by atoms with Crippen LogP contribution in [-0.2, 0) is 11.3 Å². The van der Waals surface area contributed by atoms with Crippen LogP contribution in [0.25, 0.3) is 22.3 Å². The molecule has 0 aliphatic carbocycles. The second kappa shape index (κ2) is 7.58. The number of ether oxygens (including phenoxy) is 1. The van der Waals surface area contributed by atoms with Crippen LogP contribution in [0, 0.1) is 11.3 Å². The van der Waals surface area contributed by atoms with Crippen LogP contribution in [0.1, 0.15) is 30.1 Å². The maximum absolute atomic E-state index is 12.5. The summed E-state index contributed by atoms with van der Waals surface area (Å²) < 4.78 is 7.08. The summed E-state index contributed by atoms with van der Waals surface area (Å²) in [6, 6.07) is 13.5. The van der Waals surface area contributed by atoms with Gasteiger partial charge in [0, 0.05) is 18.5 Å². The Morgan fingerprint density at radius 2 is 2.12 bits per heavy atom. The number of rotatable bonds is 6. The standard InChI is InChI=1S/C19H18N4O2/c1-2-23-18-16(13-21-23)15(19(24)25-11-7-6-10-20)12-17(22-18)14-8-4-3-5-9-14/h3-5,8-9,12-13H,2,6-7,11H2,1H3. The summed E-state index contributed by atoms with van der Waals surface area (Å²) in [4.78, 5) is 17.2. The van der Waals surface area contributed by atoms with Crippen LogP contribution in [-0.4, -0.2) is 27.3 Å². The SMILES string of the molecule is CCn1ncc2c(C(=O)OCCCC#N)cc(-c3ccccc3)nc21. The average molecular weight is 334 g/mol. The molecule has 2 heterocycles. The predicted molar refractivity (Wildman–Crippen MR) is 93.8 cm³/mol. The lowest BCUT2D eigenvalue weighted by Gasteiger charge is -2.08. The molecule has 0 amide bonds. The van der Waals surface area contributed by atoms with Gasteiger partial charge in [0.2, 0.25) is 0 Å². The van der Waals surface area contributed by atoms with Crippen molar-refractivity contribution in [1.82, 2.24) is 14.8 Å². The molecular weight excluding hydrogens is 316 g/mol. The lowest BCUT2D eigenvalue weighted by atomic mass is 10.1. The van der Waals surface area contributed by atoms with E-state index in [1.807, 2.05) is 43.3 Å². The predicted octanol–water partition coefficient (Wildman–Crippen LogP) is 3.58. The molecule has 0 bridgehead atoms. The molecule has 1 aromatic carbocycles.